The molecule has 0 saturated carbocycles. The minimum absolute atomic E-state index is 0.181. The van der Waals surface area contributed by atoms with Crippen LogP contribution in [0.3, 0.4) is 0 Å². The summed E-state index contributed by atoms with van der Waals surface area (Å²) in [6.07, 6.45) is 1.85. The van der Waals surface area contributed by atoms with Crippen molar-refractivity contribution in [2.24, 2.45) is 5.73 Å². The van der Waals surface area contributed by atoms with Gasteiger partial charge < -0.3 is 15.6 Å². The molecule has 0 aromatic carbocycles. The summed E-state index contributed by atoms with van der Waals surface area (Å²) in [6, 6.07) is -0.484. The average molecular weight is 184 g/mol. The van der Waals surface area contributed by atoms with Gasteiger partial charge >= 0.3 is 0 Å². The standard InChI is InChI=1S/C7H12N4O2/c1-5(8)7(12)9-3-2-6-10-4-11-13-6/h4-5H,2-3,8H2,1H3,(H,9,12)/t5-/m0/s1. The molecule has 0 aliphatic carbocycles. The van der Waals surface area contributed by atoms with Gasteiger partial charge in [-0.3, -0.25) is 4.79 Å². The van der Waals surface area contributed by atoms with Crippen molar-refractivity contribution in [3.05, 3.63) is 12.2 Å². The number of hydrogen-bond donors (Lipinski definition) is 2. The Balaban J connectivity index is 2.18. The molecule has 1 aromatic rings. The van der Waals surface area contributed by atoms with Gasteiger partial charge in [-0.15, -0.1) is 0 Å². The molecule has 1 rings (SSSR count). The van der Waals surface area contributed by atoms with Crippen LogP contribution in [0.5, 0.6) is 0 Å². The van der Waals surface area contributed by atoms with Gasteiger partial charge in [-0.1, -0.05) is 5.16 Å². The van der Waals surface area contributed by atoms with Gasteiger partial charge in [0, 0.05) is 13.0 Å². The van der Waals surface area contributed by atoms with Crippen molar-refractivity contribution in [3.63, 3.8) is 0 Å². The fourth-order valence-corrected chi connectivity index (χ4v) is 0.760. The maximum absolute atomic E-state index is 11.0. The molecule has 0 saturated heterocycles. The SMILES string of the molecule is C[C@H](N)C(=O)NCCc1ncno1. The Bertz CT molecular complexity index is 257. The molecular formula is C7H12N4O2. The van der Waals surface area contributed by atoms with E-state index in [0.29, 0.717) is 18.9 Å². The van der Waals surface area contributed by atoms with E-state index in [4.69, 9.17) is 10.3 Å². The summed E-state index contributed by atoms with van der Waals surface area (Å²) in [5.74, 6) is 0.324. The van der Waals surface area contributed by atoms with Crippen LogP contribution in [-0.4, -0.2) is 28.6 Å². The third-order valence-corrected chi connectivity index (χ3v) is 1.46. The lowest BCUT2D eigenvalue weighted by Crippen LogP contribution is -2.39. The predicted molar refractivity (Wildman–Crippen MR) is 44.7 cm³/mol. The zero-order valence-corrected chi connectivity index (χ0v) is 7.36. The van der Waals surface area contributed by atoms with Gasteiger partial charge in [0.1, 0.15) is 0 Å². The van der Waals surface area contributed by atoms with E-state index in [9.17, 15) is 4.79 Å². The lowest BCUT2D eigenvalue weighted by atomic mass is 10.3. The summed E-state index contributed by atoms with van der Waals surface area (Å²) < 4.78 is 4.73. The summed E-state index contributed by atoms with van der Waals surface area (Å²) in [5.41, 5.74) is 5.33. The molecule has 1 atom stereocenters. The Kier molecular flexibility index (Phi) is 3.39. The van der Waals surface area contributed by atoms with E-state index < -0.39 is 6.04 Å². The Labute approximate surface area is 75.5 Å². The summed E-state index contributed by atoms with van der Waals surface area (Å²) in [5, 5.41) is 6.06. The average Bonchev–Trinajstić information content (AvgIpc) is 2.56. The number of carbonyl (C=O) groups is 1. The molecule has 0 bridgehead atoms. The molecule has 0 aliphatic heterocycles. The third-order valence-electron chi connectivity index (χ3n) is 1.46. The number of nitrogens with zero attached hydrogens (tertiary/aromatic N) is 2. The van der Waals surface area contributed by atoms with Crippen LogP contribution in [0.1, 0.15) is 12.8 Å². The fourth-order valence-electron chi connectivity index (χ4n) is 0.760. The number of nitrogens with one attached hydrogen (secondary N) is 1. The summed E-state index contributed by atoms with van der Waals surface area (Å²) >= 11 is 0. The van der Waals surface area contributed by atoms with Crippen molar-refractivity contribution < 1.29 is 9.32 Å². The Morgan fingerprint density at radius 2 is 2.62 bits per heavy atom. The first-order valence-electron chi connectivity index (χ1n) is 3.99. The van der Waals surface area contributed by atoms with Crippen molar-refractivity contribution in [2.45, 2.75) is 19.4 Å². The van der Waals surface area contributed by atoms with Crippen LogP contribution < -0.4 is 11.1 Å². The molecule has 0 unspecified atom stereocenters. The maximum Gasteiger partial charge on any atom is 0.236 e. The van der Waals surface area contributed by atoms with Crippen LogP contribution in [0.4, 0.5) is 0 Å². The van der Waals surface area contributed by atoms with Crippen LogP contribution in [-0.2, 0) is 11.2 Å². The quantitative estimate of drug-likeness (QED) is 0.630. The first kappa shape index (κ1) is 9.66. The molecule has 0 spiro atoms. The molecule has 6 heteroatoms. The largest absolute Gasteiger partial charge is 0.354 e. The van der Waals surface area contributed by atoms with Crippen molar-refractivity contribution in [2.75, 3.05) is 6.54 Å². The van der Waals surface area contributed by atoms with Gasteiger partial charge in [-0.25, -0.2) is 0 Å². The highest BCUT2D eigenvalue weighted by atomic mass is 16.5. The summed E-state index contributed by atoms with van der Waals surface area (Å²) in [7, 11) is 0. The molecule has 13 heavy (non-hydrogen) atoms. The second-order valence-electron chi connectivity index (χ2n) is 2.66. The van der Waals surface area contributed by atoms with Gasteiger partial charge in [-0.2, -0.15) is 4.98 Å². The van der Waals surface area contributed by atoms with Crippen molar-refractivity contribution in [3.8, 4) is 0 Å². The number of amides is 1. The van der Waals surface area contributed by atoms with E-state index in [-0.39, 0.29) is 5.91 Å². The second kappa shape index (κ2) is 4.56. The minimum Gasteiger partial charge on any atom is -0.354 e. The Hall–Kier alpha value is -1.43. The summed E-state index contributed by atoms with van der Waals surface area (Å²) in [4.78, 5) is 14.8. The predicted octanol–water partition coefficient (Wildman–Crippen LogP) is -0.924. The van der Waals surface area contributed by atoms with Gasteiger partial charge in [0.25, 0.3) is 0 Å². The number of aromatic nitrogens is 2. The molecule has 1 aromatic heterocycles. The number of nitrogens with two attached hydrogens (primary N) is 1. The first-order chi connectivity index (χ1) is 6.20. The second-order valence-corrected chi connectivity index (χ2v) is 2.66. The van der Waals surface area contributed by atoms with Crippen molar-refractivity contribution >= 4 is 5.91 Å². The van der Waals surface area contributed by atoms with Gasteiger partial charge in [0.15, 0.2) is 6.33 Å². The smallest absolute Gasteiger partial charge is 0.236 e. The van der Waals surface area contributed by atoms with Gasteiger partial charge in [0.05, 0.1) is 6.04 Å². The lowest BCUT2D eigenvalue weighted by Gasteiger charge is -2.05. The zero-order valence-electron chi connectivity index (χ0n) is 7.36. The molecule has 1 amide bonds. The highest BCUT2D eigenvalue weighted by molar-refractivity contribution is 5.80. The molecule has 0 aliphatic rings. The van der Waals surface area contributed by atoms with Gasteiger partial charge in [0.2, 0.25) is 11.8 Å². The monoisotopic (exact) mass is 184 g/mol. The minimum atomic E-state index is -0.484. The van der Waals surface area contributed by atoms with Crippen LogP contribution in [0.15, 0.2) is 10.9 Å². The molecule has 0 radical (unpaired) electrons. The van der Waals surface area contributed by atoms with Crippen molar-refractivity contribution in [1.29, 1.82) is 0 Å². The fraction of sp³-hybridized carbons (Fsp3) is 0.571. The summed E-state index contributed by atoms with van der Waals surface area (Å²) in [6.45, 7) is 2.09. The highest BCUT2D eigenvalue weighted by Crippen LogP contribution is 1.90. The van der Waals surface area contributed by atoms with E-state index in [0.717, 1.165) is 0 Å². The molecular weight excluding hydrogens is 172 g/mol. The normalized spacial score (nSPS) is 12.5. The van der Waals surface area contributed by atoms with Gasteiger partial charge in [-0.05, 0) is 6.92 Å². The van der Waals surface area contributed by atoms with Crippen LogP contribution >= 0.6 is 0 Å². The lowest BCUT2D eigenvalue weighted by molar-refractivity contribution is -0.121. The number of carbonyl (C=O) groups excluding carboxylic acids is 1. The van der Waals surface area contributed by atoms with Crippen LogP contribution in [0, 0.1) is 0 Å². The van der Waals surface area contributed by atoms with E-state index in [1.165, 1.54) is 6.33 Å². The molecule has 3 N–H and O–H groups in total. The Morgan fingerprint density at radius 1 is 1.85 bits per heavy atom. The first-order valence-corrected chi connectivity index (χ1v) is 3.99. The van der Waals surface area contributed by atoms with Crippen LogP contribution in [0.25, 0.3) is 0 Å². The van der Waals surface area contributed by atoms with E-state index >= 15 is 0 Å². The molecule has 0 fully saturated rings. The topological polar surface area (TPSA) is 94.0 Å². The zero-order chi connectivity index (χ0) is 9.68. The van der Waals surface area contributed by atoms with E-state index in [1.54, 1.807) is 6.92 Å². The van der Waals surface area contributed by atoms with E-state index in [1.807, 2.05) is 0 Å². The van der Waals surface area contributed by atoms with Crippen molar-refractivity contribution in [1.82, 2.24) is 15.5 Å². The maximum atomic E-state index is 11.0. The number of rotatable bonds is 4. The number of hydrogen-bond acceptors (Lipinski definition) is 5. The molecule has 72 valence electrons. The highest BCUT2D eigenvalue weighted by Gasteiger charge is 2.06. The van der Waals surface area contributed by atoms with Crippen LogP contribution in [0.2, 0.25) is 0 Å². The van der Waals surface area contributed by atoms with E-state index in [2.05, 4.69) is 15.5 Å². The molecule has 1 heterocycles. The molecule has 6 nitrogen and oxygen atoms in total. The Morgan fingerprint density at radius 3 is 3.15 bits per heavy atom. The third kappa shape index (κ3) is 3.20.